The van der Waals surface area contributed by atoms with Crippen molar-refractivity contribution in [3.8, 4) is 11.1 Å². The Morgan fingerprint density at radius 2 is 1.93 bits per heavy atom. The minimum Gasteiger partial charge on any atom is -0.443 e. The van der Waals surface area contributed by atoms with Crippen molar-refractivity contribution in [1.29, 1.82) is 0 Å². The lowest BCUT2D eigenvalue weighted by atomic mass is 10.1. The van der Waals surface area contributed by atoms with Crippen LogP contribution in [0.5, 0.6) is 0 Å². The van der Waals surface area contributed by atoms with Gasteiger partial charge in [-0.25, -0.2) is 22.8 Å². The number of hydrogen-bond donors (Lipinski definition) is 1. The van der Waals surface area contributed by atoms with Gasteiger partial charge < -0.3 is 4.74 Å². The fraction of sp³-hybridized carbons (Fsp3) is 0.263. The monoisotopic (exact) mass is 513 g/mol. The number of rotatable bonds is 3. The molecular formula is C19H20IN3O4S. The SMILES string of the molecule is CC(C)(C)OC(=O)n1cc(I)c2cc(-c3cccc(NS(C)(=O)=O)c3)cnc21. The average molecular weight is 513 g/mol. The highest BCUT2D eigenvalue weighted by atomic mass is 127. The number of carbonyl (C=O) groups excluding carboxylic acids is 1. The smallest absolute Gasteiger partial charge is 0.420 e. The Labute approximate surface area is 177 Å². The van der Waals surface area contributed by atoms with Crippen molar-refractivity contribution in [2.24, 2.45) is 0 Å². The quantitative estimate of drug-likeness (QED) is 0.523. The van der Waals surface area contributed by atoms with Crippen molar-refractivity contribution in [1.82, 2.24) is 9.55 Å². The molecule has 0 aliphatic carbocycles. The molecule has 0 aliphatic heterocycles. The number of sulfonamides is 1. The number of anilines is 1. The largest absolute Gasteiger partial charge is 0.443 e. The van der Waals surface area contributed by atoms with Gasteiger partial charge in [-0.3, -0.25) is 4.72 Å². The van der Waals surface area contributed by atoms with Crippen molar-refractivity contribution in [2.75, 3.05) is 11.0 Å². The second-order valence-corrected chi connectivity index (χ2v) is 10.3. The van der Waals surface area contributed by atoms with E-state index in [1.165, 1.54) is 4.57 Å². The zero-order valence-electron chi connectivity index (χ0n) is 15.9. The van der Waals surface area contributed by atoms with Crippen molar-refractivity contribution in [3.63, 3.8) is 0 Å². The second-order valence-electron chi connectivity index (χ2n) is 7.38. The molecule has 28 heavy (non-hydrogen) atoms. The minimum atomic E-state index is -3.36. The van der Waals surface area contributed by atoms with Crippen LogP contribution in [0, 0.1) is 3.57 Å². The summed E-state index contributed by atoms with van der Waals surface area (Å²) in [4.78, 5) is 16.9. The number of fused-ring (bicyclic) bond motifs is 1. The molecule has 0 saturated carbocycles. The molecule has 0 bridgehead atoms. The van der Waals surface area contributed by atoms with Crippen LogP contribution in [0.25, 0.3) is 22.2 Å². The van der Waals surface area contributed by atoms with E-state index in [9.17, 15) is 13.2 Å². The maximum absolute atomic E-state index is 12.5. The van der Waals surface area contributed by atoms with Gasteiger partial charge in [-0.05, 0) is 67.1 Å². The maximum atomic E-state index is 12.5. The number of nitrogens with one attached hydrogen (secondary N) is 1. The first-order valence-corrected chi connectivity index (χ1v) is 11.4. The van der Waals surface area contributed by atoms with Gasteiger partial charge in [0.05, 0.1) is 6.26 Å². The Morgan fingerprint density at radius 1 is 1.21 bits per heavy atom. The molecule has 0 aliphatic rings. The molecule has 3 rings (SSSR count). The molecule has 0 amide bonds. The van der Waals surface area contributed by atoms with Crippen molar-refractivity contribution >= 4 is 55.4 Å². The van der Waals surface area contributed by atoms with Gasteiger partial charge in [0.2, 0.25) is 10.0 Å². The van der Waals surface area contributed by atoms with E-state index in [1.54, 1.807) is 30.6 Å². The predicted octanol–water partition coefficient (Wildman–Crippen LogP) is 4.46. The number of nitrogens with zero attached hydrogens (tertiary/aromatic N) is 2. The third-order valence-corrected chi connectivity index (χ3v) is 5.15. The summed E-state index contributed by atoms with van der Waals surface area (Å²) in [6, 6.07) is 8.98. The first-order valence-electron chi connectivity index (χ1n) is 8.41. The van der Waals surface area contributed by atoms with E-state index in [4.69, 9.17) is 4.74 Å². The summed E-state index contributed by atoms with van der Waals surface area (Å²) in [6.07, 6.45) is 3.96. The van der Waals surface area contributed by atoms with Crippen LogP contribution in [0.15, 0.2) is 42.7 Å². The number of carbonyl (C=O) groups is 1. The molecule has 3 aromatic rings. The Balaban J connectivity index is 2.01. The Hall–Kier alpha value is -2.14. The zero-order chi connectivity index (χ0) is 20.7. The van der Waals surface area contributed by atoms with E-state index < -0.39 is 21.7 Å². The standard InChI is InChI=1S/C19H20IN3O4S/c1-19(2,3)27-18(24)23-11-16(20)15-9-13(10-21-17(15)23)12-6-5-7-14(8-12)22-28(4,25)26/h5-11,22H,1-4H3. The zero-order valence-corrected chi connectivity index (χ0v) is 18.8. The number of pyridine rings is 1. The number of halogens is 1. The van der Waals surface area contributed by atoms with Gasteiger partial charge in [0.25, 0.3) is 0 Å². The number of aromatic nitrogens is 2. The molecule has 9 heteroatoms. The highest BCUT2D eigenvalue weighted by molar-refractivity contribution is 14.1. The number of ether oxygens (including phenoxy) is 1. The van der Waals surface area contributed by atoms with Crippen molar-refractivity contribution < 1.29 is 17.9 Å². The summed E-state index contributed by atoms with van der Waals surface area (Å²) in [5.74, 6) is 0. The predicted molar refractivity (Wildman–Crippen MR) is 118 cm³/mol. The van der Waals surface area contributed by atoms with E-state index >= 15 is 0 Å². The fourth-order valence-corrected chi connectivity index (χ4v) is 3.88. The van der Waals surface area contributed by atoms with Crippen LogP contribution in [-0.2, 0) is 14.8 Å². The van der Waals surface area contributed by atoms with Crippen LogP contribution in [0.2, 0.25) is 0 Å². The van der Waals surface area contributed by atoms with E-state index in [0.717, 1.165) is 26.3 Å². The third-order valence-electron chi connectivity index (χ3n) is 3.68. The summed E-state index contributed by atoms with van der Waals surface area (Å²) in [6.45, 7) is 5.43. The van der Waals surface area contributed by atoms with E-state index in [1.807, 2.05) is 32.9 Å². The molecular weight excluding hydrogens is 493 g/mol. The van der Waals surface area contributed by atoms with Crippen LogP contribution in [0.4, 0.5) is 10.5 Å². The summed E-state index contributed by atoms with van der Waals surface area (Å²) < 4.78 is 33.1. The van der Waals surface area contributed by atoms with Gasteiger partial charge in [0, 0.05) is 32.6 Å². The molecule has 0 radical (unpaired) electrons. The van der Waals surface area contributed by atoms with Crippen LogP contribution in [0.3, 0.4) is 0 Å². The molecule has 0 spiro atoms. The third kappa shape index (κ3) is 4.82. The second kappa shape index (κ2) is 7.36. The van der Waals surface area contributed by atoms with Gasteiger partial charge in [-0.15, -0.1) is 0 Å². The fourth-order valence-electron chi connectivity index (χ4n) is 2.65. The first kappa shape index (κ1) is 20.6. The Kier molecular flexibility index (Phi) is 5.41. The normalized spacial score (nSPS) is 12.2. The van der Waals surface area contributed by atoms with Crippen LogP contribution in [0.1, 0.15) is 20.8 Å². The molecule has 2 heterocycles. The summed E-state index contributed by atoms with van der Waals surface area (Å²) in [5, 5.41) is 0.811. The average Bonchev–Trinajstić information content (AvgIpc) is 2.89. The summed E-state index contributed by atoms with van der Waals surface area (Å²) in [5.41, 5.74) is 1.99. The van der Waals surface area contributed by atoms with E-state index in [2.05, 4.69) is 32.3 Å². The molecule has 7 nitrogen and oxygen atoms in total. The lowest BCUT2D eigenvalue weighted by Crippen LogP contribution is -2.26. The summed E-state index contributed by atoms with van der Waals surface area (Å²) in [7, 11) is -3.36. The topological polar surface area (TPSA) is 90.3 Å². The van der Waals surface area contributed by atoms with Gasteiger partial charge in [0.15, 0.2) is 5.65 Å². The van der Waals surface area contributed by atoms with E-state index in [-0.39, 0.29) is 0 Å². The molecule has 0 atom stereocenters. The lowest BCUT2D eigenvalue weighted by Gasteiger charge is -2.19. The van der Waals surface area contributed by atoms with Crippen LogP contribution in [-0.4, -0.2) is 35.9 Å². The highest BCUT2D eigenvalue weighted by Gasteiger charge is 2.21. The van der Waals surface area contributed by atoms with Crippen LogP contribution >= 0.6 is 22.6 Å². The van der Waals surface area contributed by atoms with Gasteiger partial charge in [-0.2, -0.15) is 0 Å². The molecule has 0 fully saturated rings. The van der Waals surface area contributed by atoms with Crippen LogP contribution < -0.4 is 4.72 Å². The molecule has 1 N–H and O–H groups in total. The highest BCUT2D eigenvalue weighted by Crippen LogP contribution is 2.29. The molecule has 0 unspecified atom stereocenters. The molecule has 2 aromatic heterocycles. The number of benzene rings is 1. The van der Waals surface area contributed by atoms with Gasteiger partial charge >= 0.3 is 6.09 Å². The maximum Gasteiger partial charge on any atom is 0.420 e. The molecule has 1 aromatic carbocycles. The molecule has 148 valence electrons. The summed E-state index contributed by atoms with van der Waals surface area (Å²) >= 11 is 2.15. The lowest BCUT2D eigenvalue weighted by molar-refractivity contribution is 0.0543. The van der Waals surface area contributed by atoms with Crippen molar-refractivity contribution in [2.45, 2.75) is 26.4 Å². The Bertz CT molecular complexity index is 1160. The minimum absolute atomic E-state index is 0.473. The Morgan fingerprint density at radius 3 is 2.57 bits per heavy atom. The number of hydrogen-bond acceptors (Lipinski definition) is 5. The van der Waals surface area contributed by atoms with Gasteiger partial charge in [0.1, 0.15) is 5.60 Å². The molecule has 0 saturated heterocycles. The van der Waals surface area contributed by atoms with Gasteiger partial charge in [-0.1, -0.05) is 12.1 Å². The van der Waals surface area contributed by atoms with E-state index in [0.29, 0.717) is 11.3 Å². The first-order chi connectivity index (χ1) is 12.9. The van der Waals surface area contributed by atoms with Crippen molar-refractivity contribution in [3.05, 3.63) is 46.3 Å².